The molecule has 2 amide bonds. The lowest BCUT2D eigenvalue weighted by molar-refractivity contribution is -0.0148. The van der Waals surface area contributed by atoms with Crippen molar-refractivity contribution in [2.24, 2.45) is 24.1 Å². The van der Waals surface area contributed by atoms with Gasteiger partial charge >= 0.3 is 6.09 Å². The highest BCUT2D eigenvalue weighted by Gasteiger charge is 2.38. The molecule has 2 aliphatic rings. The summed E-state index contributed by atoms with van der Waals surface area (Å²) < 4.78 is 33.3. The van der Waals surface area contributed by atoms with E-state index in [0.717, 1.165) is 34.7 Å². The summed E-state index contributed by atoms with van der Waals surface area (Å²) in [6.07, 6.45) is 4.53. The number of hydrogen-bond donors (Lipinski definition) is 1. The van der Waals surface area contributed by atoms with Gasteiger partial charge in [0.05, 0.1) is 41.4 Å². The number of aryl methyl sites for hydroxylation is 1. The van der Waals surface area contributed by atoms with E-state index in [2.05, 4.69) is 28.6 Å². The number of nitrogens with zero attached hydrogens (tertiary/aromatic N) is 7. The fourth-order valence-electron chi connectivity index (χ4n) is 6.72. The number of benzene rings is 1. The molecule has 5 heterocycles. The molecular weight excluding hydrogens is 627 g/mol. The molecule has 13 heteroatoms. The van der Waals surface area contributed by atoms with Crippen LogP contribution < -0.4 is 10.5 Å². The fourth-order valence-corrected chi connectivity index (χ4v) is 6.72. The quantitative estimate of drug-likeness (QED) is 0.191. The lowest BCUT2D eigenvalue weighted by Crippen LogP contribution is -2.49. The van der Waals surface area contributed by atoms with Gasteiger partial charge in [0, 0.05) is 44.3 Å². The molecule has 0 spiro atoms. The summed E-state index contributed by atoms with van der Waals surface area (Å²) in [5.41, 5.74) is 8.77. The normalized spacial score (nSPS) is 16.9. The smallest absolute Gasteiger partial charge is 0.404 e. The Morgan fingerprint density at radius 1 is 1.18 bits per heavy atom. The third-order valence-corrected chi connectivity index (χ3v) is 9.65. The number of carbonyl (C=O) groups excluding carboxylic acids is 2. The zero-order valence-electron chi connectivity index (χ0n) is 28.6. The van der Waals surface area contributed by atoms with Crippen molar-refractivity contribution < 1.29 is 23.5 Å². The molecular formula is C36H43FN8O4. The maximum Gasteiger partial charge on any atom is 0.404 e. The SMILES string of the molecule is C[C@@H](COc1cccc2cc(-c3nc4cc5c(nc4n3C)CCN(C[C@H](OC(N)=O)C(F)C(C)(C)C)C5=O)n(CC3CC3)c12)n1ccnc1. The number of hydrogen-bond acceptors (Lipinski definition) is 7. The number of halogens is 1. The molecule has 7 rings (SSSR count). The number of alkyl halides is 1. The first-order valence-corrected chi connectivity index (χ1v) is 16.9. The fraction of sp³-hybridized carbons (Fsp3) is 0.472. The second kappa shape index (κ2) is 12.5. The van der Waals surface area contributed by atoms with E-state index >= 15 is 4.39 Å². The van der Waals surface area contributed by atoms with E-state index in [4.69, 9.17) is 25.2 Å². The van der Waals surface area contributed by atoms with Gasteiger partial charge in [-0.1, -0.05) is 32.9 Å². The number of para-hydroxylation sites is 1. The van der Waals surface area contributed by atoms with Gasteiger partial charge in [-0.05, 0) is 49.3 Å². The van der Waals surface area contributed by atoms with E-state index in [-0.39, 0.29) is 18.5 Å². The molecule has 1 unspecified atom stereocenters. The van der Waals surface area contributed by atoms with Crippen molar-refractivity contribution in [1.29, 1.82) is 0 Å². The number of aromatic nitrogens is 6. The third kappa shape index (κ3) is 6.33. The van der Waals surface area contributed by atoms with Gasteiger partial charge in [-0.2, -0.15) is 0 Å². The van der Waals surface area contributed by atoms with Crippen LogP contribution in [0, 0.1) is 11.3 Å². The first kappa shape index (κ1) is 32.6. The minimum Gasteiger partial charge on any atom is -0.489 e. The number of rotatable bonds is 11. The lowest BCUT2D eigenvalue weighted by Gasteiger charge is -2.35. The van der Waals surface area contributed by atoms with Crippen LogP contribution >= 0.6 is 0 Å². The second-order valence-corrected chi connectivity index (χ2v) is 14.5. The second-order valence-electron chi connectivity index (χ2n) is 14.5. The van der Waals surface area contributed by atoms with Crippen molar-refractivity contribution in [1.82, 2.24) is 33.6 Å². The summed E-state index contributed by atoms with van der Waals surface area (Å²) in [6, 6.07) is 10.2. The molecule has 0 radical (unpaired) electrons. The summed E-state index contributed by atoms with van der Waals surface area (Å²) >= 11 is 0. The highest BCUT2D eigenvalue weighted by atomic mass is 19.1. The summed E-state index contributed by atoms with van der Waals surface area (Å²) in [5.74, 6) is 1.83. The number of pyridine rings is 1. The summed E-state index contributed by atoms with van der Waals surface area (Å²) in [7, 11) is 1.95. The minimum atomic E-state index is -1.53. The molecule has 1 aliphatic carbocycles. The molecule has 12 nitrogen and oxygen atoms in total. The minimum absolute atomic E-state index is 0.109. The van der Waals surface area contributed by atoms with Crippen molar-refractivity contribution in [2.75, 3.05) is 19.7 Å². The van der Waals surface area contributed by atoms with Crippen LogP contribution in [0.3, 0.4) is 0 Å². The van der Waals surface area contributed by atoms with E-state index in [9.17, 15) is 9.59 Å². The number of ether oxygens (including phenoxy) is 2. The van der Waals surface area contributed by atoms with Gasteiger partial charge in [-0.25, -0.2) is 24.1 Å². The van der Waals surface area contributed by atoms with Gasteiger partial charge in [0.1, 0.15) is 24.0 Å². The molecule has 0 saturated heterocycles. The zero-order chi connectivity index (χ0) is 34.6. The average molecular weight is 671 g/mol. The Kier molecular flexibility index (Phi) is 8.32. The molecule has 3 atom stereocenters. The molecule has 1 aliphatic heterocycles. The van der Waals surface area contributed by atoms with E-state index in [0.29, 0.717) is 47.9 Å². The van der Waals surface area contributed by atoms with Crippen LogP contribution in [0.25, 0.3) is 33.6 Å². The molecule has 1 aromatic carbocycles. The highest BCUT2D eigenvalue weighted by Crippen LogP contribution is 2.39. The summed E-state index contributed by atoms with van der Waals surface area (Å²) in [6.45, 7) is 8.76. The van der Waals surface area contributed by atoms with Gasteiger partial charge in [-0.3, -0.25) is 4.79 Å². The van der Waals surface area contributed by atoms with Gasteiger partial charge in [0.25, 0.3) is 5.91 Å². The van der Waals surface area contributed by atoms with Crippen LogP contribution in [0.5, 0.6) is 5.75 Å². The number of amides is 2. The number of nitrogens with two attached hydrogens (primary N) is 1. The first-order chi connectivity index (χ1) is 23.4. The van der Waals surface area contributed by atoms with Crippen LogP contribution in [-0.2, 0) is 24.8 Å². The molecule has 5 aromatic rings. The third-order valence-electron chi connectivity index (χ3n) is 9.65. The molecule has 0 bridgehead atoms. The summed E-state index contributed by atoms with van der Waals surface area (Å²) in [4.78, 5) is 41.0. The Hall–Kier alpha value is -4.94. The predicted octanol–water partition coefficient (Wildman–Crippen LogP) is 5.68. The standard InChI is InChI=1S/C36H43FN8O4/c1-21(44-14-12-39-20-44)19-48-28-8-6-7-23-15-27(45(30(23)28)17-22-9-10-22)33-41-26-16-24-25(40-32(26)42(33)5)11-13-43(34(24)46)18-29(49-35(38)47)31(37)36(2,3)4/h6-8,12,14-16,20-22,29,31H,9-11,13,17-19H2,1-5H3,(H2,38,47)/t21-,29-,31?/m0/s1. The number of imidazole rings is 2. The Morgan fingerprint density at radius 2 is 1.98 bits per heavy atom. The van der Waals surface area contributed by atoms with E-state index in [1.54, 1.807) is 39.4 Å². The van der Waals surface area contributed by atoms with Crippen LogP contribution in [0.4, 0.5) is 9.18 Å². The topological polar surface area (TPSA) is 135 Å². The van der Waals surface area contributed by atoms with Crippen LogP contribution in [-0.4, -0.2) is 77.5 Å². The monoisotopic (exact) mass is 670 g/mol. The van der Waals surface area contributed by atoms with Crippen LogP contribution in [0.1, 0.15) is 62.6 Å². The van der Waals surface area contributed by atoms with Gasteiger partial charge < -0.3 is 33.8 Å². The van der Waals surface area contributed by atoms with E-state index < -0.39 is 23.8 Å². The molecule has 2 N–H and O–H groups in total. The van der Waals surface area contributed by atoms with Crippen molar-refractivity contribution in [3.8, 4) is 17.3 Å². The Balaban J connectivity index is 1.22. The summed E-state index contributed by atoms with van der Waals surface area (Å²) in [5, 5.41) is 1.06. The van der Waals surface area contributed by atoms with Crippen molar-refractivity contribution >= 4 is 34.1 Å². The van der Waals surface area contributed by atoms with Gasteiger partial charge in [-0.15, -0.1) is 0 Å². The number of fused-ring (bicyclic) bond motifs is 3. The largest absolute Gasteiger partial charge is 0.489 e. The van der Waals surface area contributed by atoms with Crippen molar-refractivity contribution in [3.63, 3.8) is 0 Å². The Labute approximate surface area is 284 Å². The molecule has 1 saturated carbocycles. The van der Waals surface area contributed by atoms with Crippen molar-refractivity contribution in [2.45, 2.75) is 71.8 Å². The van der Waals surface area contributed by atoms with E-state index in [1.165, 1.54) is 17.7 Å². The Morgan fingerprint density at radius 3 is 2.67 bits per heavy atom. The predicted molar refractivity (Wildman–Crippen MR) is 183 cm³/mol. The van der Waals surface area contributed by atoms with Gasteiger partial charge in [0.2, 0.25) is 0 Å². The first-order valence-electron chi connectivity index (χ1n) is 16.9. The average Bonchev–Trinajstić information content (AvgIpc) is 3.42. The maximum atomic E-state index is 15.4. The number of primary amides is 1. The van der Waals surface area contributed by atoms with Crippen molar-refractivity contribution in [3.05, 3.63) is 60.3 Å². The molecule has 49 heavy (non-hydrogen) atoms. The van der Waals surface area contributed by atoms with Crippen LogP contribution in [0.15, 0.2) is 49.1 Å². The molecule has 4 aromatic heterocycles. The maximum absolute atomic E-state index is 15.4. The van der Waals surface area contributed by atoms with E-state index in [1.807, 2.05) is 34.5 Å². The highest BCUT2D eigenvalue weighted by molar-refractivity contribution is 5.99. The zero-order valence-corrected chi connectivity index (χ0v) is 28.6. The Bertz CT molecular complexity index is 2020. The molecule has 1 fully saturated rings. The van der Waals surface area contributed by atoms with Gasteiger partial charge in [0.15, 0.2) is 17.6 Å². The van der Waals surface area contributed by atoms with Crippen LogP contribution in [0.2, 0.25) is 0 Å². The molecule has 258 valence electrons. The number of carbonyl (C=O) groups is 2. The lowest BCUT2D eigenvalue weighted by atomic mass is 9.86.